The van der Waals surface area contributed by atoms with Gasteiger partial charge < -0.3 is 15.1 Å². The van der Waals surface area contributed by atoms with Crippen molar-refractivity contribution in [2.24, 2.45) is 4.99 Å². The molecule has 1 aromatic carbocycles. The molecule has 0 atom stereocenters. The van der Waals surface area contributed by atoms with Crippen molar-refractivity contribution in [1.29, 1.82) is 0 Å². The van der Waals surface area contributed by atoms with Crippen molar-refractivity contribution in [3.05, 3.63) is 57.2 Å². The van der Waals surface area contributed by atoms with Gasteiger partial charge in [0.05, 0.1) is 0 Å². The predicted molar refractivity (Wildman–Crippen MR) is 125 cm³/mol. The van der Waals surface area contributed by atoms with E-state index in [2.05, 4.69) is 27.8 Å². The van der Waals surface area contributed by atoms with Crippen molar-refractivity contribution in [1.82, 2.24) is 15.1 Å². The predicted octanol–water partition coefficient (Wildman–Crippen LogP) is 3.73. The molecule has 0 fully saturated rings. The summed E-state index contributed by atoms with van der Waals surface area (Å²) in [5.74, 6) is 0.689. The van der Waals surface area contributed by atoms with Crippen LogP contribution in [0.2, 0.25) is 5.02 Å². The molecular weight excluding hydrogens is 495 g/mol. The Bertz CT molecular complexity index is 720. The number of rotatable bonds is 7. The van der Waals surface area contributed by atoms with Crippen molar-refractivity contribution in [3.8, 4) is 0 Å². The van der Waals surface area contributed by atoms with Crippen LogP contribution >= 0.6 is 46.9 Å². The van der Waals surface area contributed by atoms with E-state index in [1.54, 1.807) is 30.3 Å². The molecule has 0 aliphatic rings. The fraction of sp³-hybridized carbons (Fsp3) is 0.368. The number of carbonyl (C=O) groups is 1. The number of aliphatic imine (C=N–C) groups is 1. The molecule has 0 aliphatic heterocycles. The molecule has 0 saturated heterocycles. The van der Waals surface area contributed by atoms with Gasteiger partial charge in [-0.05, 0) is 35.6 Å². The number of benzene rings is 1. The van der Waals surface area contributed by atoms with Gasteiger partial charge in [-0.3, -0.25) is 4.79 Å². The third kappa shape index (κ3) is 8.49. The normalized spacial score (nSPS) is 10.9. The monoisotopic (exact) mass is 520 g/mol. The third-order valence-corrected chi connectivity index (χ3v) is 4.98. The maximum Gasteiger partial charge on any atom is 0.243 e. The van der Waals surface area contributed by atoms with E-state index in [1.807, 2.05) is 36.2 Å². The van der Waals surface area contributed by atoms with E-state index in [0.717, 1.165) is 23.6 Å². The summed E-state index contributed by atoms with van der Waals surface area (Å²) >= 11 is 7.69. The SMILES string of the molecule is CN(C)C(=O)CN=C(NCCc1cccs1)N(C)Cc1ccc(Cl)cc1.I. The Morgan fingerprint density at radius 1 is 1.19 bits per heavy atom. The maximum atomic E-state index is 11.9. The van der Waals surface area contributed by atoms with Crippen molar-refractivity contribution in [2.45, 2.75) is 13.0 Å². The van der Waals surface area contributed by atoms with Crippen LogP contribution in [0.1, 0.15) is 10.4 Å². The van der Waals surface area contributed by atoms with Gasteiger partial charge in [-0.15, -0.1) is 35.3 Å². The largest absolute Gasteiger partial charge is 0.356 e. The standard InChI is InChI=1S/C19H25ClN4OS.HI/c1-23(2)18(25)13-22-19(21-11-10-17-5-4-12-26-17)24(3)14-15-6-8-16(20)9-7-15;/h4-9,12H,10-11,13-14H2,1-3H3,(H,21,22);1H. The average Bonchev–Trinajstić information content (AvgIpc) is 3.12. The second kappa shape index (κ2) is 12.2. The Balaban J connectivity index is 0.00000364. The number of nitrogens with one attached hydrogen (secondary N) is 1. The van der Waals surface area contributed by atoms with Crippen molar-refractivity contribution >= 4 is 58.8 Å². The first-order valence-electron chi connectivity index (χ1n) is 8.42. The summed E-state index contributed by atoms with van der Waals surface area (Å²) in [6.45, 7) is 1.57. The van der Waals surface area contributed by atoms with E-state index in [0.29, 0.717) is 12.5 Å². The zero-order valence-electron chi connectivity index (χ0n) is 15.8. The molecule has 2 rings (SSSR count). The Morgan fingerprint density at radius 3 is 2.48 bits per heavy atom. The first kappa shape index (κ1) is 23.7. The van der Waals surface area contributed by atoms with Gasteiger partial charge in [0, 0.05) is 44.1 Å². The summed E-state index contributed by atoms with van der Waals surface area (Å²) in [6.07, 6.45) is 0.924. The minimum Gasteiger partial charge on any atom is -0.356 e. The van der Waals surface area contributed by atoms with Gasteiger partial charge in [0.25, 0.3) is 0 Å². The zero-order valence-corrected chi connectivity index (χ0v) is 19.7. The second-order valence-corrected chi connectivity index (χ2v) is 7.64. The average molecular weight is 521 g/mol. The summed E-state index contributed by atoms with van der Waals surface area (Å²) in [4.78, 5) is 21.3. The van der Waals surface area contributed by atoms with Crippen LogP contribution in [0.25, 0.3) is 0 Å². The van der Waals surface area contributed by atoms with Crippen LogP contribution in [0.5, 0.6) is 0 Å². The van der Waals surface area contributed by atoms with E-state index < -0.39 is 0 Å². The van der Waals surface area contributed by atoms with Crippen LogP contribution in [0, 0.1) is 0 Å². The molecule has 0 unspecified atom stereocenters. The number of likely N-dealkylation sites (N-methyl/N-ethyl adjacent to an activating group) is 1. The quantitative estimate of drug-likeness (QED) is 0.344. The second-order valence-electron chi connectivity index (χ2n) is 6.17. The molecule has 0 bridgehead atoms. The van der Waals surface area contributed by atoms with E-state index >= 15 is 0 Å². The van der Waals surface area contributed by atoms with Crippen LogP contribution in [0.15, 0.2) is 46.8 Å². The van der Waals surface area contributed by atoms with Crippen molar-refractivity contribution < 1.29 is 4.79 Å². The minimum atomic E-state index is -0.0255. The highest BCUT2D eigenvalue weighted by Gasteiger charge is 2.10. The number of guanidine groups is 1. The van der Waals surface area contributed by atoms with Gasteiger partial charge in [0.2, 0.25) is 5.91 Å². The Labute approximate surface area is 187 Å². The molecule has 5 nitrogen and oxygen atoms in total. The van der Waals surface area contributed by atoms with E-state index in [4.69, 9.17) is 11.6 Å². The molecule has 148 valence electrons. The first-order valence-corrected chi connectivity index (χ1v) is 9.68. The Kier molecular flexibility index (Phi) is 10.7. The number of carbonyl (C=O) groups excluding carboxylic acids is 1. The molecule has 0 radical (unpaired) electrons. The lowest BCUT2D eigenvalue weighted by Gasteiger charge is -2.23. The topological polar surface area (TPSA) is 47.9 Å². The van der Waals surface area contributed by atoms with Gasteiger partial charge in [-0.1, -0.05) is 29.8 Å². The fourth-order valence-electron chi connectivity index (χ4n) is 2.29. The molecule has 0 saturated carbocycles. The smallest absolute Gasteiger partial charge is 0.243 e. The van der Waals surface area contributed by atoms with Gasteiger partial charge in [0.1, 0.15) is 6.54 Å². The van der Waals surface area contributed by atoms with Gasteiger partial charge in [-0.2, -0.15) is 0 Å². The van der Waals surface area contributed by atoms with Crippen LogP contribution in [0.4, 0.5) is 0 Å². The lowest BCUT2D eigenvalue weighted by atomic mass is 10.2. The molecular formula is C19H26ClIN4OS. The van der Waals surface area contributed by atoms with Gasteiger partial charge in [-0.25, -0.2) is 4.99 Å². The van der Waals surface area contributed by atoms with Crippen molar-refractivity contribution in [3.63, 3.8) is 0 Å². The minimum absolute atomic E-state index is 0. The van der Waals surface area contributed by atoms with Crippen LogP contribution in [-0.2, 0) is 17.8 Å². The third-order valence-electron chi connectivity index (χ3n) is 3.79. The lowest BCUT2D eigenvalue weighted by Crippen LogP contribution is -2.40. The number of thiophene rings is 1. The zero-order chi connectivity index (χ0) is 18.9. The number of nitrogens with zero attached hydrogens (tertiary/aromatic N) is 3. The summed E-state index contributed by atoms with van der Waals surface area (Å²) in [5.41, 5.74) is 1.13. The summed E-state index contributed by atoms with van der Waals surface area (Å²) in [7, 11) is 5.43. The molecule has 2 aromatic rings. The number of hydrogen-bond acceptors (Lipinski definition) is 3. The van der Waals surface area contributed by atoms with Gasteiger partial charge >= 0.3 is 0 Å². The molecule has 0 aliphatic carbocycles. The fourth-order valence-corrected chi connectivity index (χ4v) is 3.12. The number of hydrogen-bond donors (Lipinski definition) is 1. The summed E-state index contributed by atoms with van der Waals surface area (Å²) in [5, 5.41) is 6.16. The van der Waals surface area contributed by atoms with Crippen LogP contribution in [-0.4, -0.2) is 55.9 Å². The summed E-state index contributed by atoms with van der Waals surface area (Å²) < 4.78 is 0. The highest BCUT2D eigenvalue weighted by atomic mass is 127. The molecule has 1 amide bonds. The van der Waals surface area contributed by atoms with Crippen LogP contribution < -0.4 is 5.32 Å². The van der Waals surface area contributed by atoms with E-state index in [-0.39, 0.29) is 36.4 Å². The summed E-state index contributed by atoms with van der Waals surface area (Å²) in [6, 6.07) is 11.9. The molecule has 1 N–H and O–H groups in total. The highest BCUT2D eigenvalue weighted by molar-refractivity contribution is 14.0. The number of halogens is 2. The molecule has 1 aromatic heterocycles. The molecule has 8 heteroatoms. The molecule has 1 heterocycles. The number of amides is 1. The maximum absolute atomic E-state index is 11.9. The lowest BCUT2D eigenvalue weighted by molar-refractivity contribution is -0.127. The van der Waals surface area contributed by atoms with E-state index in [1.165, 1.54) is 4.88 Å². The molecule has 0 spiro atoms. The van der Waals surface area contributed by atoms with E-state index in [9.17, 15) is 4.79 Å². The highest BCUT2D eigenvalue weighted by Crippen LogP contribution is 2.11. The Hall–Kier alpha value is -1.32. The van der Waals surface area contributed by atoms with Crippen molar-refractivity contribution in [2.75, 3.05) is 34.2 Å². The van der Waals surface area contributed by atoms with Gasteiger partial charge in [0.15, 0.2) is 5.96 Å². The first-order chi connectivity index (χ1) is 12.5. The Morgan fingerprint density at radius 2 is 1.89 bits per heavy atom. The molecule has 27 heavy (non-hydrogen) atoms. The van der Waals surface area contributed by atoms with Crippen LogP contribution in [0.3, 0.4) is 0 Å².